The molecule has 0 spiro atoms. The van der Waals surface area contributed by atoms with Crippen molar-refractivity contribution in [3.05, 3.63) is 16.2 Å². The molecule has 2 aliphatic heterocycles. The SMILES string of the molecule is CN(C)C(=O)CN1CCN(Cc2cc3nc(Cl)nc(N4CCOCC4)c3s2)CC1. The summed E-state index contributed by atoms with van der Waals surface area (Å²) >= 11 is 7.95. The third-order valence-electron chi connectivity index (χ3n) is 5.39. The lowest BCUT2D eigenvalue weighted by molar-refractivity contribution is -0.130. The molecule has 158 valence electrons. The first-order valence-electron chi connectivity index (χ1n) is 9.93. The summed E-state index contributed by atoms with van der Waals surface area (Å²) in [5.41, 5.74) is 0.918. The summed E-state index contributed by atoms with van der Waals surface area (Å²) in [5.74, 6) is 1.08. The smallest absolute Gasteiger partial charge is 0.236 e. The summed E-state index contributed by atoms with van der Waals surface area (Å²) in [7, 11) is 3.61. The van der Waals surface area contributed by atoms with E-state index in [1.807, 2.05) is 0 Å². The standard InChI is InChI=1S/C19H27ClN6O2S/c1-23(2)16(27)13-25-5-3-24(4-6-25)12-14-11-15-17(29-14)18(22-19(20)21-15)26-7-9-28-10-8-26/h11H,3-10,12-13H2,1-2H3. The van der Waals surface area contributed by atoms with Gasteiger partial charge in [-0.3, -0.25) is 14.6 Å². The van der Waals surface area contributed by atoms with E-state index in [2.05, 4.69) is 30.7 Å². The summed E-state index contributed by atoms with van der Waals surface area (Å²) in [5, 5.41) is 0.294. The molecule has 0 N–H and O–H groups in total. The molecule has 2 fully saturated rings. The molecule has 1 amide bonds. The Morgan fingerprint density at radius 3 is 2.52 bits per heavy atom. The lowest BCUT2D eigenvalue weighted by Gasteiger charge is -2.34. The minimum absolute atomic E-state index is 0.161. The minimum Gasteiger partial charge on any atom is -0.378 e. The number of fused-ring (bicyclic) bond motifs is 1. The third-order valence-corrected chi connectivity index (χ3v) is 6.66. The number of morpholine rings is 1. The maximum atomic E-state index is 11.9. The van der Waals surface area contributed by atoms with Crippen LogP contribution in [0.4, 0.5) is 5.82 Å². The summed E-state index contributed by atoms with van der Waals surface area (Å²) in [6.07, 6.45) is 0. The Hall–Kier alpha value is -1.52. The monoisotopic (exact) mass is 438 g/mol. The fourth-order valence-electron chi connectivity index (χ4n) is 3.66. The molecule has 4 heterocycles. The second-order valence-electron chi connectivity index (χ2n) is 7.68. The van der Waals surface area contributed by atoms with Crippen molar-refractivity contribution < 1.29 is 9.53 Å². The number of anilines is 1. The van der Waals surface area contributed by atoms with Gasteiger partial charge in [0.2, 0.25) is 11.2 Å². The average Bonchev–Trinajstić information content (AvgIpc) is 3.11. The van der Waals surface area contributed by atoms with E-state index in [1.165, 1.54) is 4.88 Å². The minimum atomic E-state index is 0.161. The molecule has 29 heavy (non-hydrogen) atoms. The summed E-state index contributed by atoms with van der Waals surface area (Å²) < 4.78 is 6.56. The molecule has 0 radical (unpaired) electrons. The van der Waals surface area contributed by atoms with Crippen molar-refractivity contribution in [1.29, 1.82) is 0 Å². The van der Waals surface area contributed by atoms with Crippen LogP contribution in [0.5, 0.6) is 0 Å². The van der Waals surface area contributed by atoms with Crippen molar-refractivity contribution in [2.75, 3.05) is 78.0 Å². The zero-order chi connectivity index (χ0) is 20.4. The number of piperazine rings is 1. The Kier molecular flexibility index (Phi) is 6.50. The number of rotatable bonds is 5. The number of hydrogen-bond acceptors (Lipinski definition) is 8. The molecule has 0 aromatic carbocycles. The molecule has 2 aromatic heterocycles. The van der Waals surface area contributed by atoms with Gasteiger partial charge in [-0.2, -0.15) is 4.98 Å². The van der Waals surface area contributed by atoms with Gasteiger partial charge in [-0.05, 0) is 17.7 Å². The van der Waals surface area contributed by atoms with Crippen LogP contribution in [-0.2, 0) is 16.1 Å². The van der Waals surface area contributed by atoms with Gasteiger partial charge in [0.15, 0.2) is 5.82 Å². The zero-order valence-electron chi connectivity index (χ0n) is 16.9. The Labute approximate surface area is 180 Å². The number of aromatic nitrogens is 2. The number of nitrogens with zero attached hydrogens (tertiary/aromatic N) is 6. The zero-order valence-corrected chi connectivity index (χ0v) is 18.5. The van der Waals surface area contributed by atoms with Gasteiger partial charge in [0.25, 0.3) is 0 Å². The van der Waals surface area contributed by atoms with Crippen LogP contribution in [0.2, 0.25) is 5.28 Å². The van der Waals surface area contributed by atoms with E-state index in [4.69, 9.17) is 16.3 Å². The molecule has 0 unspecified atom stereocenters. The first-order chi connectivity index (χ1) is 14.0. The van der Waals surface area contributed by atoms with Crippen LogP contribution in [0.3, 0.4) is 0 Å². The number of hydrogen-bond donors (Lipinski definition) is 0. The Morgan fingerprint density at radius 1 is 1.14 bits per heavy atom. The highest BCUT2D eigenvalue weighted by molar-refractivity contribution is 7.19. The van der Waals surface area contributed by atoms with Crippen LogP contribution < -0.4 is 4.90 Å². The van der Waals surface area contributed by atoms with Crippen LogP contribution in [0.25, 0.3) is 10.2 Å². The number of amides is 1. The van der Waals surface area contributed by atoms with Gasteiger partial charge in [-0.1, -0.05) is 0 Å². The van der Waals surface area contributed by atoms with E-state index in [1.54, 1.807) is 30.3 Å². The van der Waals surface area contributed by atoms with Crippen LogP contribution in [0, 0.1) is 0 Å². The highest BCUT2D eigenvalue weighted by atomic mass is 35.5. The molecule has 0 aliphatic carbocycles. The highest BCUT2D eigenvalue weighted by Crippen LogP contribution is 2.34. The van der Waals surface area contributed by atoms with E-state index in [0.29, 0.717) is 25.0 Å². The van der Waals surface area contributed by atoms with E-state index in [0.717, 1.165) is 61.8 Å². The number of thiophene rings is 1. The number of likely N-dealkylation sites (N-methyl/N-ethyl adjacent to an activating group) is 1. The fraction of sp³-hybridized carbons (Fsp3) is 0.632. The normalized spacial score (nSPS) is 19.1. The Balaban J connectivity index is 1.42. The predicted octanol–water partition coefficient (Wildman–Crippen LogP) is 1.39. The predicted molar refractivity (Wildman–Crippen MR) is 116 cm³/mol. The van der Waals surface area contributed by atoms with Gasteiger partial charge in [0, 0.05) is 64.8 Å². The van der Waals surface area contributed by atoms with Gasteiger partial charge in [-0.15, -0.1) is 11.3 Å². The van der Waals surface area contributed by atoms with Crippen LogP contribution >= 0.6 is 22.9 Å². The second kappa shape index (κ2) is 9.09. The van der Waals surface area contributed by atoms with Crippen molar-refractivity contribution in [2.45, 2.75) is 6.54 Å². The van der Waals surface area contributed by atoms with Crippen molar-refractivity contribution in [1.82, 2.24) is 24.7 Å². The second-order valence-corrected chi connectivity index (χ2v) is 9.16. The number of carbonyl (C=O) groups excluding carboxylic acids is 1. The van der Waals surface area contributed by atoms with Crippen LogP contribution in [0.15, 0.2) is 6.07 Å². The first-order valence-corrected chi connectivity index (χ1v) is 11.1. The third kappa shape index (κ3) is 4.97. The first kappa shape index (κ1) is 20.7. The molecule has 0 atom stereocenters. The molecule has 2 aromatic rings. The Morgan fingerprint density at radius 2 is 1.83 bits per heavy atom. The van der Waals surface area contributed by atoms with Gasteiger partial charge >= 0.3 is 0 Å². The van der Waals surface area contributed by atoms with E-state index < -0.39 is 0 Å². The van der Waals surface area contributed by atoms with Gasteiger partial charge < -0.3 is 14.5 Å². The number of ether oxygens (including phenoxy) is 1. The highest BCUT2D eigenvalue weighted by Gasteiger charge is 2.22. The van der Waals surface area contributed by atoms with Gasteiger partial charge in [0.05, 0.1) is 30.0 Å². The molecule has 10 heteroatoms. The lowest BCUT2D eigenvalue weighted by Crippen LogP contribution is -2.48. The van der Waals surface area contributed by atoms with Gasteiger partial charge in [-0.25, -0.2) is 4.98 Å². The molecule has 0 saturated carbocycles. The molecular weight excluding hydrogens is 412 g/mol. The van der Waals surface area contributed by atoms with E-state index in [9.17, 15) is 4.79 Å². The largest absolute Gasteiger partial charge is 0.378 e. The maximum absolute atomic E-state index is 11.9. The van der Waals surface area contributed by atoms with Crippen molar-refractivity contribution in [2.24, 2.45) is 0 Å². The topological polar surface area (TPSA) is 65.0 Å². The molecule has 4 rings (SSSR count). The quantitative estimate of drug-likeness (QED) is 0.653. The van der Waals surface area contributed by atoms with Crippen LogP contribution in [0.1, 0.15) is 4.88 Å². The lowest BCUT2D eigenvalue weighted by atomic mass is 10.3. The van der Waals surface area contributed by atoms with Crippen molar-refractivity contribution in [3.63, 3.8) is 0 Å². The molecule has 2 aliphatic rings. The van der Waals surface area contributed by atoms with E-state index in [-0.39, 0.29) is 5.91 Å². The molecule has 8 nitrogen and oxygen atoms in total. The molecule has 2 saturated heterocycles. The van der Waals surface area contributed by atoms with Crippen molar-refractivity contribution >= 4 is 44.9 Å². The average molecular weight is 439 g/mol. The summed E-state index contributed by atoms with van der Waals surface area (Å²) in [6, 6.07) is 2.14. The van der Waals surface area contributed by atoms with Gasteiger partial charge in [0.1, 0.15) is 0 Å². The summed E-state index contributed by atoms with van der Waals surface area (Å²) in [6.45, 7) is 8.19. The summed E-state index contributed by atoms with van der Waals surface area (Å²) in [4.78, 5) is 30.7. The maximum Gasteiger partial charge on any atom is 0.236 e. The molecule has 0 bridgehead atoms. The number of halogens is 1. The van der Waals surface area contributed by atoms with Crippen LogP contribution in [-0.4, -0.2) is 104 Å². The van der Waals surface area contributed by atoms with E-state index >= 15 is 0 Å². The molecular formula is C19H27ClN6O2S. The Bertz CT molecular complexity index is 862. The number of carbonyl (C=O) groups is 1. The van der Waals surface area contributed by atoms with Crippen molar-refractivity contribution in [3.8, 4) is 0 Å². The fourth-order valence-corrected chi connectivity index (χ4v) is 4.99.